The van der Waals surface area contributed by atoms with Crippen LogP contribution in [0, 0.1) is 0 Å². The van der Waals surface area contributed by atoms with E-state index in [1.165, 1.54) is 32.1 Å². The van der Waals surface area contributed by atoms with Crippen molar-refractivity contribution in [3.63, 3.8) is 0 Å². The fraction of sp³-hybridized carbons (Fsp3) is 0.611. The number of hydrogen-bond donors (Lipinski definition) is 1. The van der Waals surface area contributed by atoms with E-state index in [1.54, 1.807) is 12.4 Å². The van der Waals surface area contributed by atoms with Gasteiger partial charge in [-0.1, -0.05) is 19.3 Å². The SMILES string of the molecule is C[C@H](c1nc(-c2ccncc2)nn1CCO)N(C)C1CCCCC1. The van der Waals surface area contributed by atoms with Crippen molar-refractivity contribution in [3.8, 4) is 11.4 Å². The maximum absolute atomic E-state index is 9.38. The van der Waals surface area contributed by atoms with Gasteiger partial charge in [-0.05, 0) is 38.9 Å². The predicted octanol–water partition coefficient (Wildman–Crippen LogP) is 2.66. The van der Waals surface area contributed by atoms with Gasteiger partial charge in [-0.15, -0.1) is 0 Å². The molecule has 2 aromatic heterocycles. The molecule has 6 heteroatoms. The van der Waals surface area contributed by atoms with Gasteiger partial charge in [0, 0.05) is 24.0 Å². The fourth-order valence-corrected chi connectivity index (χ4v) is 3.53. The summed E-state index contributed by atoms with van der Waals surface area (Å²) in [7, 11) is 2.19. The van der Waals surface area contributed by atoms with E-state index in [9.17, 15) is 5.11 Å². The highest BCUT2D eigenvalue weighted by Crippen LogP contribution is 2.29. The van der Waals surface area contributed by atoms with E-state index >= 15 is 0 Å². The molecule has 3 rings (SSSR count). The molecule has 0 saturated heterocycles. The number of pyridine rings is 1. The van der Waals surface area contributed by atoms with Crippen LogP contribution in [0.3, 0.4) is 0 Å². The summed E-state index contributed by atoms with van der Waals surface area (Å²) in [5.41, 5.74) is 0.954. The van der Waals surface area contributed by atoms with Crippen LogP contribution in [0.4, 0.5) is 0 Å². The largest absolute Gasteiger partial charge is 0.394 e. The van der Waals surface area contributed by atoms with Crippen LogP contribution in [0.25, 0.3) is 11.4 Å². The van der Waals surface area contributed by atoms with Crippen LogP contribution in [0.5, 0.6) is 0 Å². The normalized spacial score (nSPS) is 17.3. The van der Waals surface area contributed by atoms with E-state index in [2.05, 4.69) is 29.0 Å². The standard InChI is InChI=1S/C18H27N5O/c1-14(22(2)16-6-4-3-5-7-16)18-20-17(21-23(18)12-13-24)15-8-10-19-11-9-15/h8-11,14,16,24H,3-7,12-13H2,1-2H3/t14-/m1/s1. The molecule has 0 bridgehead atoms. The second-order valence-corrected chi connectivity index (χ2v) is 6.61. The van der Waals surface area contributed by atoms with Crippen molar-refractivity contribution in [1.29, 1.82) is 0 Å². The quantitative estimate of drug-likeness (QED) is 0.882. The van der Waals surface area contributed by atoms with Gasteiger partial charge in [0.2, 0.25) is 0 Å². The lowest BCUT2D eigenvalue weighted by atomic mass is 9.93. The molecule has 24 heavy (non-hydrogen) atoms. The van der Waals surface area contributed by atoms with Gasteiger partial charge in [0.05, 0.1) is 19.2 Å². The van der Waals surface area contributed by atoms with E-state index in [0.717, 1.165) is 11.4 Å². The summed E-state index contributed by atoms with van der Waals surface area (Å²) >= 11 is 0. The summed E-state index contributed by atoms with van der Waals surface area (Å²) in [6, 6.07) is 4.61. The molecule has 130 valence electrons. The Morgan fingerprint density at radius 2 is 1.96 bits per heavy atom. The van der Waals surface area contributed by atoms with Crippen molar-refractivity contribution in [3.05, 3.63) is 30.4 Å². The van der Waals surface area contributed by atoms with Gasteiger partial charge in [-0.3, -0.25) is 9.88 Å². The predicted molar refractivity (Wildman–Crippen MR) is 93.4 cm³/mol. The molecule has 2 heterocycles. The Hall–Kier alpha value is -1.79. The monoisotopic (exact) mass is 329 g/mol. The van der Waals surface area contributed by atoms with Crippen molar-refractivity contribution >= 4 is 0 Å². The molecule has 1 fully saturated rings. The molecule has 0 aliphatic heterocycles. The van der Waals surface area contributed by atoms with Gasteiger partial charge < -0.3 is 5.11 Å². The molecular formula is C18H27N5O. The first kappa shape index (κ1) is 17.0. The molecule has 0 radical (unpaired) electrons. The molecular weight excluding hydrogens is 302 g/mol. The van der Waals surface area contributed by atoms with E-state index in [0.29, 0.717) is 18.4 Å². The highest BCUT2D eigenvalue weighted by Gasteiger charge is 2.26. The molecule has 1 aliphatic carbocycles. The molecule has 1 atom stereocenters. The summed E-state index contributed by atoms with van der Waals surface area (Å²) < 4.78 is 1.85. The average molecular weight is 329 g/mol. The zero-order valence-corrected chi connectivity index (χ0v) is 14.6. The number of nitrogens with zero attached hydrogens (tertiary/aromatic N) is 5. The highest BCUT2D eigenvalue weighted by atomic mass is 16.3. The topological polar surface area (TPSA) is 67.1 Å². The zero-order valence-electron chi connectivity index (χ0n) is 14.6. The number of hydrogen-bond acceptors (Lipinski definition) is 5. The second kappa shape index (κ2) is 7.85. The van der Waals surface area contributed by atoms with Crippen molar-refractivity contribution in [2.75, 3.05) is 13.7 Å². The second-order valence-electron chi connectivity index (χ2n) is 6.61. The average Bonchev–Trinajstić information content (AvgIpc) is 3.06. The minimum Gasteiger partial charge on any atom is -0.394 e. The lowest BCUT2D eigenvalue weighted by Gasteiger charge is -2.35. The van der Waals surface area contributed by atoms with Crippen LogP contribution in [-0.2, 0) is 6.54 Å². The Balaban J connectivity index is 1.86. The van der Waals surface area contributed by atoms with Gasteiger partial charge in [0.25, 0.3) is 0 Å². The van der Waals surface area contributed by atoms with Gasteiger partial charge >= 0.3 is 0 Å². The van der Waals surface area contributed by atoms with Gasteiger partial charge in [0.1, 0.15) is 5.82 Å². The summed E-state index contributed by atoms with van der Waals surface area (Å²) in [6.45, 7) is 2.71. The number of aromatic nitrogens is 4. The van der Waals surface area contributed by atoms with E-state index in [-0.39, 0.29) is 12.6 Å². The molecule has 0 spiro atoms. The van der Waals surface area contributed by atoms with E-state index < -0.39 is 0 Å². The first-order valence-corrected chi connectivity index (χ1v) is 8.88. The molecule has 0 unspecified atom stereocenters. The van der Waals surface area contributed by atoms with Crippen LogP contribution in [0.1, 0.15) is 50.9 Å². The first-order chi connectivity index (χ1) is 11.7. The number of aliphatic hydroxyl groups is 1. The van der Waals surface area contributed by atoms with Crippen LogP contribution in [0.15, 0.2) is 24.5 Å². The summed E-state index contributed by atoms with van der Waals surface area (Å²) in [5.74, 6) is 1.62. The Morgan fingerprint density at radius 1 is 1.25 bits per heavy atom. The Bertz CT molecular complexity index is 636. The van der Waals surface area contributed by atoms with Gasteiger partial charge in [-0.25, -0.2) is 9.67 Å². The third kappa shape index (κ3) is 3.65. The number of rotatable bonds is 6. The Kier molecular flexibility index (Phi) is 5.58. The van der Waals surface area contributed by atoms with Crippen molar-refractivity contribution in [2.24, 2.45) is 0 Å². The maximum atomic E-state index is 9.38. The third-order valence-electron chi connectivity index (χ3n) is 5.09. The van der Waals surface area contributed by atoms with Gasteiger partial charge in [-0.2, -0.15) is 5.10 Å². The Labute approximate surface area is 143 Å². The minimum atomic E-state index is 0.0615. The van der Waals surface area contributed by atoms with Crippen molar-refractivity contribution < 1.29 is 5.11 Å². The molecule has 2 aromatic rings. The van der Waals surface area contributed by atoms with E-state index in [4.69, 9.17) is 4.98 Å². The fourth-order valence-electron chi connectivity index (χ4n) is 3.53. The molecule has 1 aliphatic rings. The minimum absolute atomic E-state index is 0.0615. The molecule has 1 N–H and O–H groups in total. The summed E-state index contributed by atoms with van der Waals surface area (Å²) in [4.78, 5) is 11.3. The van der Waals surface area contributed by atoms with Crippen molar-refractivity contribution in [2.45, 2.75) is 57.7 Å². The van der Waals surface area contributed by atoms with E-state index in [1.807, 2.05) is 16.8 Å². The lowest BCUT2D eigenvalue weighted by Crippen LogP contribution is -2.36. The Morgan fingerprint density at radius 3 is 2.62 bits per heavy atom. The van der Waals surface area contributed by atoms with Crippen LogP contribution < -0.4 is 0 Å². The van der Waals surface area contributed by atoms with Crippen LogP contribution >= 0.6 is 0 Å². The molecule has 1 saturated carbocycles. The zero-order chi connectivity index (χ0) is 16.9. The first-order valence-electron chi connectivity index (χ1n) is 8.88. The van der Waals surface area contributed by atoms with Crippen molar-refractivity contribution in [1.82, 2.24) is 24.6 Å². The van der Waals surface area contributed by atoms with Crippen LogP contribution in [-0.4, -0.2) is 49.5 Å². The number of aliphatic hydroxyl groups excluding tert-OH is 1. The third-order valence-corrected chi connectivity index (χ3v) is 5.09. The lowest BCUT2D eigenvalue weighted by molar-refractivity contribution is 0.137. The highest BCUT2D eigenvalue weighted by molar-refractivity contribution is 5.53. The summed E-state index contributed by atoms with van der Waals surface area (Å²) in [6.07, 6.45) is 9.99. The van der Waals surface area contributed by atoms with Crippen LogP contribution in [0.2, 0.25) is 0 Å². The molecule has 6 nitrogen and oxygen atoms in total. The molecule has 0 amide bonds. The molecule has 0 aromatic carbocycles. The summed E-state index contributed by atoms with van der Waals surface area (Å²) in [5, 5.41) is 14.0. The maximum Gasteiger partial charge on any atom is 0.181 e. The smallest absolute Gasteiger partial charge is 0.181 e. The van der Waals surface area contributed by atoms with Gasteiger partial charge in [0.15, 0.2) is 5.82 Å².